The standard InChI is InChI=1S/C14H23Cl2N3O4/c1-14(2,3)23-13(22)17-5-4-10(20)18-6-8-19(9-7-18)12(21)11(15)16/h11H,4-9H2,1-3H3,(H,17,22). The molecule has 1 heterocycles. The van der Waals surface area contributed by atoms with E-state index < -0.39 is 16.5 Å². The molecule has 1 fully saturated rings. The van der Waals surface area contributed by atoms with Crippen LogP contribution in [0.4, 0.5) is 4.79 Å². The van der Waals surface area contributed by atoms with Gasteiger partial charge in [0, 0.05) is 39.1 Å². The molecule has 1 saturated heterocycles. The predicted molar refractivity (Wildman–Crippen MR) is 87.5 cm³/mol. The van der Waals surface area contributed by atoms with Crippen LogP contribution in [0.15, 0.2) is 0 Å². The Kier molecular flexibility index (Phi) is 7.41. The van der Waals surface area contributed by atoms with Gasteiger partial charge in [-0.15, -0.1) is 0 Å². The average Bonchev–Trinajstić information content (AvgIpc) is 2.44. The fraction of sp³-hybridized carbons (Fsp3) is 0.786. The summed E-state index contributed by atoms with van der Waals surface area (Å²) in [5, 5.41) is 2.54. The Balaban J connectivity index is 2.27. The lowest BCUT2D eigenvalue weighted by Gasteiger charge is -2.35. The number of alkyl carbamates (subject to hydrolysis) is 1. The molecule has 0 aromatic rings. The lowest BCUT2D eigenvalue weighted by Crippen LogP contribution is -2.52. The number of carbonyl (C=O) groups excluding carboxylic acids is 3. The van der Waals surface area contributed by atoms with Crippen LogP contribution >= 0.6 is 23.2 Å². The molecule has 23 heavy (non-hydrogen) atoms. The zero-order chi connectivity index (χ0) is 17.6. The second-order valence-electron chi connectivity index (χ2n) is 6.19. The van der Waals surface area contributed by atoms with Gasteiger partial charge in [-0.05, 0) is 20.8 Å². The highest BCUT2D eigenvalue weighted by atomic mass is 35.5. The SMILES string of the molecule is CC(C)(C)OC(=O)NCCC(=O)N1CCN(C(=O)C(Cl)Cl)CC1. The third-order valence-electron chi connectivity index (χ3n) is 3.14. The van der Waals surface area contributed by atoms with Gasteiger partial charge in [0.1, 0.15) is 5.60 Å². The number of piperazine rings is 1. The Morgan fingerprint density at radius 3 is 2.09 bits per heavy atom. The van der Waals surface area contributed by atoms with Crippen molar-refractivity contribution in [3.8, 4) is 0 Å². The highest BCUT2D eigenvalue weighted by molar-refractivity contribution is 6.53. The van der Waals surface area contributed by atoms with Crippen LogP contribution in [-0.4, -0.2) is 70.9 Å². The summed E-state index contributed by atoms with van der Waals surface area (Å²) in [7, 11) is 0. The maximum absolute atomic E-state index is 12.1. The number of hydrogen-bond donors (Lipinski definition) is 1. The monoisotopic (exact) mass is 367 g/mol. The van der Waals surface area contributed by atoms with Crippen molar-refractivity contribution < 1.29 is 19.1 Å². The second-order valence-corrected chi connectivity index (χ2v) is 7.28. The fourth-order valence-electron chi connectivity index (χ4n) is 2.06. The number of nitrogens with zero attached hydrogens (tertiary/aromatic N) is 2. The van der Waals surface area contributed by atoms with Crippen LogP contribution in [0, 0.1) is 0 Å². The smallest absolute Gasteiger partial charge is 0.407 e. The zero-order valence-electron chi connectivity index (χ0n) is 13.6. The third-order valence-corrected chi connectivity index (χ3v) is 3.51. The van der Waals surface area contributed by atoms with Crippen molar-refractivity contribution in [3.05, 3.63) is 0 Å². The number of hydrogen-bond acceptors (Lipinski definition) is 4. The number of rotatable bonds is 4. The molecule has 1 N–H and O–H groups in total. The molecule has 1 rings (SSSR count). The summed E-state index contributed by atoms with van der Waals surface area (Å²) in [5.74, 6) is -0.423. The fourth-order valence-corrected chi connectivity index (χ4v) is 2.33. The molecule has 0 aliphatic carbocycles. The van der Waals surface area contributed by atoms with Crippen molar-refractivity contribution >= 4 is 41.1 Å². The highest BCUT2D eigenvalue weighted by Gasteiger charge is 2.26. The van der Waals surface area contributed by atoms with Crippen LogP contribution < -0.4 is 5.32 Å². The summed E-state index contributed by atoms with van der Waals surface area (Å²) >= 11 is 11.1. The van der Waals surface area contributed by atoms with Crippen LogP contribution in [0.3, 0.4) is 0 Å². The van der Waals surface area contributed by atoms with Crippen LogP contribution in [0.2, 0.25) is 0 Å². The van der Waals surface area contributed by atoms with Gasteiger partial charge in [-0.3, -0.25) is 9.59 Å². The van der Waals surface area contributed by atoms with E-state index in [0.29, 0.717) is 26.2 Å². The van der Waals surface area contributed by atoms with Crippen LogP contribution in [0.5, 0.6) is 0 Å². The molecule has 9 heteroatoms. The van der Waals surface area contributed by atoms with E-state index in [9.17, 15) is 14.4 Å². The second kappa shape index (κ2) is 8.59. The van der Waals surface area contributed by atoms with Crippen LogP contribution in [-0.2, 0) is 14.3 Å². The first kappa shape index (κ1) is 19.8. The zero-order valence-corrected chi connectivity index (χ0v) is 15.1. The molecule has 0 aromatic heterocycles. The van der Waals surface area contributed by atoms with Crippen molar-refractivity contribution in [1.82, 2.24) is 15.1 Å². The summed E-state index contributed by atoms with van der Waals surface area (Å²) in [6, 6.07) is 0. The summed E-state index contributed by atoms with van der Waals surface area (Å²) < 4.78 is 5.08. The maximum atomic E-state index is 12.1. The van der Waals surface area contributed by atoms with Gasteiger partial charge in [-0.1, -0.05) is 23.2 Å². The van der Waals surface area contributed by atoms with E-state index >= 15 is 0 Å². The van der Waals surface area contributed by atoms with E-state index in [1.54, 1.807) is 25.7 Å². The van der Waals surface area contributed by atoms with Crippen molar-refractivity contribution in [1.29, 1.82) is 0 Å². The minimum atomic E-state index is -1.07. The molecule has 0 aromatic carbocycles. The topological polar surface area (TPSA) is 79.0 Å². The predicted octanol–water partition coefficient (Wildman–Crippen LogP) is 1.38. The van der Waals surface area contributed by atoms with Crippen LogP contribution in [0.1, 0.15) is 27.2 Å². The minimum Gasteiger partial charge on any atom is -0.444 e. The van der Waals surface area contributed by atoms with Crippen molar-refractivity contribution in [2.75, 3.05) is 32.7 Å². The number of carbonyl (C=O) groups is 3. The molecule has 3 amide bonds. The average molecular weight is 368 g/mol. The normalized spacial score (nSPS) is 15.6. The molecule has 1 aliphatic rings. The summed E-state index contributed by atoms with van der Waals surface area (Å²) in [6.07, 6.45) is -0.364. The van der Waals surface area contributed by atoms with Gasteiger partial charge >= 0.3 is 6.09 Å². The molecule has 0 bridgehead atoms. The van der Waals surface area contributed by atoms with E-state index in [4.69, 9.17) is 27.9 Å². The number of amides is 3. The van der Waals surface area contributed by atoms with Gasteiger partial charge in [-0.2, -0.15) is 0 Å². The Morgan fingerprint density at radius 1 is 1.09 bits per heavy atom. The van der Waals surface area contributed by atoms with Gasteiger partial charge < -0.3 is 19.9 Å². The molecule has 0 radical (unpaired) electrons. The van der Waals surface area contributed by atoms with E-state index in [1.165, 1.54) is 4.90 Å². The van der Waals surface area contributed by atoms with Gasteiger partial charge in [-0.25, -0.2) is 4.79 Å². The largest absolute Gasteiger partial charge is 0.444 e. The number of ether oxygens (including phenoxy) is 1. The lowest BCUT2D eigenvalue weighted by molar-refractivity contribution is -0.138. The molecular weight excluding hydrogens is 345 g/mol. The maximum Gasteiger partial charge on any atom is 0.407 e. The van der Waals surface area contributed by atoms with Gasteiger partial charge in [0.25, 0.3) is 5.91 Å². The molecular formula is C14H23Cl2N3O4. The molecule has 1 aliphatic heterocycles. The minimum absolute atomic E-state index is 0.0820. The molecule has 7 nitrogen and oxygen atoms in total. The first-order valence-corrected chi connectivity index (χ1v) is 8.29. The first-order valence-electron chi connectivity index (χ1n) is 7.41. The molecule has 132 valence electrons. The van der Waals surface area contributed by atoms with Gasteiger partial charge in [0.15, 0.2) is 4.84 Å². The lowest BCUT2D eigenvalue weighted by atomic mass is 10.2. The first-order chi connectivity index (χ1) is 10.6. The number of alkyl halides is 2. The van der Waals surface area contributed by atoms with Gasteiger partial charge in [0.05, 0.1) is 0 Å². The van der Waals surface area contributed by atoms with Crippen molar-refractivity contribution in [3.63, 3.8) is 0 Å². The quantitative estimate of drug-likeness (QED) is 0.761. The van der Waals surface area contributed by atoms with E-state index in [2.05, 4.69) is 5.32 Å². The summed E-state index contributed by atoms with van der Waals surface area (Å²) in [6.45, 7) is 7.17. The molecule has 0 atom stereocenters. The van der Waals surface area contributed by atoms with E-state index in [1.807, 2.05) is 0 Å². The Morgan fingerprint density at radius 2 is 1.61 bits per heavy atom. The summed E-state index contributed by atoms with van der Waals surface area (Å²) in [5.41, 5.74) is -0.570. The number of nitrogens with one attached hydrogen (secondary N) is 1. The Hall–Kier alpha value is -1.21. The third kappa shape index (κ3) is 7.26. The van der Waals surface area contributed by atoms with Crippen molar-refractivity contribution in [2.24, 2.45) is 0 Å². The molecule has 0 saturated carbocycles. The van der Waals surface area contributed by atoms with E-state index in [0.717, 1.165) is 0 Å². The number of halogens is 2. The Bertz CT molecular complexity index is 444. The molecule has 0 unspecified atom stereocenters. The van der Waals surface area contributed by atoms with Crippen molar-refractivity contribution in [2.45, 2.75) is 37.6 Å². The van der Waals surface area contributed by atoms with E-state index in [-0.39, 0.29) is 24.8 Å². The van der Waals surface area contributed by atoms with Crippen LogP contribution in [0.25, 0.3) is 0 Å². The Labute approximate surface area is 146 Å². The molecule has 0 spiro atoms. The highest BCUT2D eigenvalue weighted by Crippen LogP contribution is 2.11. The summed E-state index contributed by atoms with van der Waals surface area (Å²) in [4.78, 5) is 37.3. The van der Waals surface area contributed by atoms with Gasteiger partial charge in [0.2, 0.25) is 5.91 Å².